The lowest BCUT2D eigenvalue weighted by Gasteiger charge is -2.10. The summed E-state index contributed by atoms with van der Waals surface area (Å²) in [5, 5.41) is 3.09. The van der Waals surface area contributed by atoms with Gasteiger partial charge in [0.05, 0.1) is 0 Å². The number of aromatic nitrogens is 3. The predicted octanol–water partition coefficient (Wildman–Crippen LogP) is 1.95. The van der Waals surface area contributed by atoms with Gasteiger partial charge in [-0.05, 0) is 18.1 Å². The zero-order valence-corrected chi connectivity index (χ0v) is 11.9. The Bertz CT molecular complexity index is 592. The van der Waals surface area contributed by atoms with Crippen LogP contribution in [0.5, 0.6) is 0 Å². The fourth-order valence-electron chi connectivity index (χ4n) is 1.96. The molecule has 106 valence electrons. The van der Waals surface area contributed by atoms with Crippen LogP contribution in [0.1, 0.15) is 19.5 Å². The van der Waals surface area contributed by atoms with Gasteiger partial charge < -0.3 is 9.88 Å². The Hall–Kier alpha value is -2.17. The number of nitrogens with zero attached hydrogens (tertiary/aromatic N) is 3. The summed E-state index contributed by atoms with van der Waals surface area (Å²) in [5.74, 6) is 0.834. The van der Waals surface area contributed by atoms with E-state index >= 15 is 0 Å². The molecule has 0 bridgehead atoms. The molecule has 0 aliphatic carbocycles. The van der Waals surface area contributed by atoms with Crippen molar-refractivity contribution in [2.24, 2.45) is 5.92 Å². The number of hydrogen-bond donors (Lipinski definition) is 1. The molecule has 0 unspecified atom stereocenters. The zero-order chi connectivity index (χ0) is 14.4. The van der Waals surface area contributed by atoms with Crippen LogP contribution < -0.4 is 10.9 Å². The molecule has 0 radical (unpaired) electrons. The number of rotatable bonds is 6. The standard InChI is InChI=1S/C15H20N4O/c1-12(2)11-19-10-9-18-14(15(19)20)17-8-6-13-5-3-4-7-16-13/h3-5,7,9-10,12H,6,8,11H2,1-2H3,(H,17,18). The maximum absolute atomic E-state index is 12.2. The lowest BCUT2D eigenvalue weighted by molar-refractivity contribution is 0.509. The first-order valence-electron chi connectivity index (χ1n) is 6.86. The van der Waals surface area contributed by atoms with Crippen LogP contribution >= 0.6 is 0 Å². The van der Waals surface area contributed by atoms with E-state index in [2.05, 4.69) is 29.1 Å². The highest BCUT2D eigenvalue weighted by Crippen LogP contribution is 2.00. The molecule has 0 aliphatic heterocycles. The third kappa shape index (κ3) is 3.91. The lowest BCUT2D eigenvalue weighted by atomic mass is 10.2. The van der Waals surface area contributed by atoms with Gasteiger partial charge in [-0.1, -0.05) is 19.9 Å². The van der Waals surface area contributed by atoms with E-state index in [4.69, 9.17) is 0 Å². The second kappa shape index (κ2) is 6.84. The summed E-state index contributed by atoms with van der Waals surface area (Å²) >= 11 is 0. The Morgan fingerprint density at radius 2 is 2.10 bits per heavy atom. The van der Waals surface area contributed by atoms with Crippen molar-refractivity contribution in [3.05, 3.63) is 52.8 Å². The van der Waals surface area contributed by atoms with Crippen molar-refractivity contribution in [1.29, 1.82) is 0 Å². The molecular formula is C15H20N4O. The normalized spacial score (nSPS) is 10.8. The Labute approximate surface area is 118 Å². The average Bonchev–Trinajstić information content (AvgIpc) is 2.43. The summed E-state index contributed by atoms with van der Waals surface area (Å²) in [6.45, 7) is 5.52. The van der Waals surface area contributed by atoms with Crippen LogP contribution in [-0.2, 0) is 13.0 Å². The summed E-state index contributed by atoms with van der Waals surface area (Å²) in [6, 6.07) is 5.82. The molecule has 0 saturated carbocycles. The third-order valence-electron chi connectivity index (χ3n) is 2.88. The van der Waals surface area contributed by atoms with Gasteiger partial charge >= 0.3 is 0 Å². The van der Waals surface area contributed by atoms with Crippen LogP contribution in [0.15, 0.2) is 41.6 Å². The summed E-state index contributed by atoms with van der Waals surface area (Å²) in [4.78, 5) is 20.5. The predicted molar refractivity (Wildman–Crippen MR) is 79.8 cm³/mol. The molecule has 2 heterocycles. The van der Waals surface area contributed by atoms with E-state index in [1.165, 1.54) is 0 Å². The first kappa shape index (κ1) is 14.2. The molecule has 0 spiro atoms. The highest BCUT2D eigenvalue weighted by Gasteiger charge is 2.05. The van der Waals surface area contributed by atoms with Gasteiger partial charge in [-0.3, -0.25) is 9.78 Å². The number of anilines is 1. The molecular weight excluding hydrogens is 252 g/mol. The van der Waals surface area contributed by atoms with Crippen LogP contribution in [0.2, 0.25) is 0 Å². The summed E-state index contributed by atoms with van der Waals surface area (Å²) in [6.07, 6.45) is 5.92. The SMILES string of the molecule is CC(C)Cn1ccnc(NCCc2ccccn2)c1=O. The van der Waals surface area contributed by atoms with Crippen LogP contribution in [0.4, 0.5) is 5.82 Å². The molecule has 2 rings (SSSR count). The van der Waals surface area contributed by atoms with Crippen molar-refractivity contribution in [2.75, 3.05) is 11.9 Å². The van der Waals surface area contributed by atoms with Crippen molar-refractivity contribution in [3.8, 4) is 0 Å². The van der Waals surface area contributed by atoms with Crippen LogP contribution in [0.25, 0.3) is 0 Å². The molecule has 1 N–H and O–H groups in total. The van der Waals surface area contributed by atoms with Crippen molar-refractivity contribution in [2.45, 2.75) is 26.8 Å². The molecule has 0 amide bonds. The van der Waals surface area contributed by atoms with Gasteiger partial charge in [-0.15, -0.1) is 0 Å². The third-order valence-corrected chi connectivity index (χ3v) is 2.88. The van der Waals surface area contributed by atoms with Gasteiger partial charge in [0.25, 0.3) is 5.56 Å². The highest BCUT2D eigenvalue weighted by atomic mass is 16.1. The Morgan fingerprint density at radius 1 is 1.25 bits per heavy atom. The van der Waals surface area contributed by atoms with Gasteiger partial charge in [0, 0.05) is 43.8 Å². The quantitative estimate of drug-likeness (QED) is 0.873. The number of hydrogen-bond acceptors (Lipinski definition) is 4. The zero-order valence-electron chi connectivity index (χ0n) is 11.9. The first-order chi connectivity index (χ1) is 9.66. The highest BCUT2D eigenvalue weighted by molar-refractivity contribution is 5.30. The fourth-order valence-corrected chi connectivity index (χ4v) is 1.96. The number of nitrogens with one attached hydrogen (secondary N) is 1. The molecule has 2 aromatic rings. The Balaban J connectivity index is 1.98. The molecule has 0 aromatic carbocycles. The summed E-state index contributed by atoms with van der Waals surface area (Å²) < 4.78 is 1.70. The van der Waals surface area contributed by atoms with E-state index in [9.17, 15) is 4.79 Å². The Morgan fingerprint density at radius 3 is 2.80 bits per heavy atom. The largest absolute Gasteiger partial charge is 0.365 e. The fraction of sp³-hybridized carbons (Fsp3) is 0.400. The second-order valence-electron chi connectivity index (χ2n) is 5.13. The van der Waals surface area contributed by atoms with Crippen molar-refractivity contribution in [1.82, 2.24) is 14.5 Å². The molecule has 0 saturated heterocycles. The lowest BCUT2D eigenvalue weighted by Crippen LogP contribution is -2.26. The summed E-state index contributed by atoms with van der Waals surface area (Å²) in [7, 11) is 0. The molecule has 0 aliphatic rings. The second-order valence-corrected chi connectivity index (χ2v) is 5.13. The topological polar surface area (TPSA) is 59.8 Å². The minimum Gasteiger partial charge on any atom is -0.365 e. The van der Waals surface area contributed by atoms with Crippen molar-refractivity contribution < 1.29 is 0 Å². The van der Waals surface area contributed by atoms with Crippen molar-refractivity contribution >= 4 is 5.82 Å². The van der Waals surface area contributed by atoms with E-state index in [-0.39, 0.29) is 5.56 Å². The summed E-state index contributed by atoms with van der Waals surface area (Å²) in [5.41, 5.74) is 0.931. The molecule has 5 nitrogen and oxygen atoms in total. The first-order valence-corrected chi connectivity index (χ1v) is 6.86. The van der Waals surface area contributed by atoms with Gasteiger partial charge in [0.15, 0.2) is 5.82 Å². The molecule has 0 fully saturated rings. The number of pyridine rings is 1. The molecule has 20 heavy (non-hydrogen) atoms. The molecule has 5 heteroatoms. The van der Waals surface area contributed by atoms with Gasteiger partial charge in [0.2, 0.25) is 0 Å². The van der Waals surface area contributed by atoms with E-state index in [0.717, 1.165) is 12.1 Å². The molecule has 2 aromatic heterocycles. The van der Waals surface area contributed by atoms with E-state index in [1.54, 1.807) is 23.2 Å². The minimum absolute atomic E-state index is 0.0674. The van der Waals surface area contributed by atoms with Crippen LogP contribution in [0.3, 0.4) is 0 Å². The van der Waals surface area contributed by atoms with E-state index in [0.29, 0.717) is 24.8 Å². The van der Waals surface area contributed by atoms with Gasteiger partial charge in [0.1, 0.15) is 0 Å². The van der Waals surface area contributed by atoms with E-state index in [1.807, 2.05) is 18.2 Å². The van der Waals surface area contributed by atoms with E-state index < -0.39 is 0 Å². The van der Waals surface area contributed by atoms with Crippen LogP contribution in [0, 0.1) is 5.92 Å². The van der Waals surface area contributed by atoms with Crippen molar-refractivity contribution in [3.63, 3.8) is 0 Å². The Kier molecular flexibility index (Phi) is 4.87. The van der Waals surface area contributed by atoms with Crippen LogP contribution in [-0.4, -0.2) is 21.1 Å². The molecule has 0 atom stereocenters. The monoisotopic (exact) mass is 272 g/mol. The maximum Gasteiger partial charge on any atom is 0.293 e. The van der Waals surface area contributed by atoms with Gasteiger partial charge in [-0.2, -0.15) is 0 Å². The average molecular weight is 272 g/mol. The minimum atomic E-state index is -0.0674. The van der Waals surface area contributed by atoms with Gasteiger partial charge in [-0.25, -0.2) is 4.98 Å². The maximum atomic E-state index is 12.2. The smallest absolute Gasteiger partial charge is 0.293 e.